The van der Waals surface area contributed by atoms with Crippen molar-refractivity contribution in [3.63, 3.8) is 0 Å². The van der Waals surface area contributed by atoms with Crippen molar-refractivity contribution in [2.24, 2.45) is 5.73 Å². The number of rotatable bonds is 5. The van der Waals surface area contributed by atoms with Crippen LogP contribution < -0.4 is 5.73 Å². The minimum absolute atomic E-state index is 0.0811. The van der Waals surface area contributed by atoms with Crippen LogP contribution in [0, 0.1) is 0 Å². The Labute approximate surface area is 108 Å². The van der Waals surface area contributed by atoms with Gasteiger partial charge in [-0.25, -0.2) is 8.42 Å². The van der Waals surface area contributed by atoms with Crippen molar-refractivity contribution in [2.45, 2.75) is 31.2 Å². The molecule has 0 spiro atoms. The number of hydrogen-bond donors (Lipinski definition) is 1. The molecule has 1 saturated heterocycles. The van der Waals surface area contributed by atoms with E-state index in [2.05, 4.69) is 0 Å². The van der Waals surface area contributed by atoms with Crippen LogP contribution in [-0.2, 0) is 26.9 Å². The van der Waals surface area contributed by atoms with Crippen molar-refractivity contribution in [2.75, 3.05) is 12.4 Å². The van der Waals surface area contributed by atoms with Crippen LogP contribution in [0.25, 0.3) is 0 Å². The third kappa shape index (κ3) is 3.80. The molecule has 2 N–H and O–H groups in total. The van der Waals surface area contributed by atoms with Gasteiger partial charge in [0.05, 0.1) is 17.6 Å². The monoisotopic (exact) mass is 269 g/mol. The quantitative estimate of drug-likeness (QED) is 0.873. The fourth-order valence-electron chi connectivity index (χ4n) is 2.14. The lowest BCUT2D eigenvalue weighted by atomic mass is 10.1. The normalized spacial score (nSPS) is 20.2. The first-order valence-corrected chi connectivity index (χ1v) is 8.01. The summed E-state index contributed by atoms with van der Waals surface area (Å²) in [6, 6.07) is 7.40. The maximum absolute atomic E-state index is 12.0. The van der Waals surface area contributed by atoms with Gasteiger partial charge in [0.1, 0.15) is 0 Å². The molecule has 0 aliphatic carbocycles. The van der Waals surface area contributed by atoms with Gasteiger partial charge in [-0.2, -0.15) is 0 Å². The van der Waals surface area contributed by atoms with Gasteiger partial charge in [-0.05, 0) is 24.0 Å². The summed E-state index contributed by atoms with van der Waals surface area (Å²) in [7, 11) is -3.09. The summed E-state index contributed by atoms with van der Waals surface area (Å²) in [5, 5.41) is 0. The minimum atomic E-state index is -3.09. The van der Waals surface area contributed by atoms with Crippen molar-refractivity contribution >= 4 is 9.84 Å². The van der Waals surface area contributed by atoms with Gasteiger partial charge >= 0.3 is 0 Å². The van der Waals surface area contributed by atoms with Crippen LogP contribution in [0.15, 0.2) is 24.3 Å². The highest BCUT2D eigenvalue weighted by Crippen LogP contribution is 2.16. The number of hydrogen-bond acceptors (Lipinski definition) is 4. The molecule has 0 aromatic heterocycles. The highest BCUT2D eigenvalue weighted by atomic mass is 32.2. The molecule has 0 radical (unpaired) electrons. The smallest absolute Gasteiger partial charge is 0.156 e. The molecule has 1 aliphatic rings. The van der Waals surface area contributed by atoms with Crippen LogP contribution in [0.2, 0.25) is 0 Å². The van der Waals surface area contributed by atoms with Gasteiger partial charge in [0.25, 0.3) is 0 Å². The largest absolute Gasteiger partial charge is 0.377 e. The topological polar surface area (TPSA) is 69.4 Å². The van der Waals surface area contributed by atoms with Gasteiger partial charge in [-0.1, -0.05) is 24.3 Å². The second-order valence-corrected chi connectivity index (χ2v) is 6.82. The van der Waals surface area contributed by atoms with E-state index >= 15 is 0 Å². The number of nitrogens with two attached hydrogens (primary N) is 1. The molecular formula is C13H19NO3S. The Morgan fingerprint density at radius 2 is 1.89 bits per heavy atom. The molecule has 0 bridgehead atoms. The van der Waals surface area contributed by atoms with E-state index in [0.29, 0.717) is 13.2 Å². The van der Waals surface area contributed by atoms with E-state index in [9.17, 15) is 8.42 Å². The standard InChI is InChI=1S/C13H19NO3S/c14-8-11-3-5-12(6-4-11)9-18(15,16)10-13-2-1-7-17-13/h3-6,13H,1-2,7-10,14H2. The zero-order chi connectivity index (χ0) is 13.0. The van der Waals surface area contributed by atoms with E-state index in [-0.39, 0.29) is 17.6 Å². The van der Waals surface area contributed by atoms with Gasteiger partial charge in [-0.3, -0.25) is 0 Å². The summed E-state index contributed by atoms with van der Waals surface area (Å²) in [5.41, 5.74) is 7.32. The molecule has 2 rings (SSSR count). The van der Waals surface area contributed by atoms with Crippen LogP contribution >= 0.6 is 0 Å². The summed E-state index contributed by atoms with van der Waals surface area (Å²) >= 11 is 0. The molecule has 0 amide bonds. The Hall–Kier alpha value is -0.910. The van der Waals surface area contributed by atoms with Gasteiger partial charge in [0.15, 0.2) is 9.84 Å². The maximum Gasteiger partial charge on any atom is 0.156 e. The first-order valence-electron chi connectivity index (χ1n) is 6.19. The third-order valence-corrected chi connectivity index (χ3v) is 4.76. The summed E-state index contributed by atoms with van der Waals surface area (Å²) in [5.74, 6) is 0.212. The van der Waals surface area contributed by atoms with Gasteiger partial charge in [0.2, 0.25) is 0 Å². The van der Waals surface area contributed by atoms with Crippen molar-refractivity contribution in [3.05, 3.63) is 35.4 Å². The van der Waals surface area contributed by atoms with E-state index in [1.54, 1.807) is 0 Å². The molecule has 1 atom stereocenters. The van der Waals surface area contributed by atoms with Crippen LogP contribution in [0.1, 0.15) is 24.0 Å². The van der Waals surface area contributed by atoms with Crippen LogP contribution in [0.3, 0.4) is 0 Å². The molecule has 0 saturated carbocycles. The fourth-order valence-corrected chi connectivity index (χ4v) is 3.79. The van der Waals surface area contributed by atoms with Crippen molar-refractivity contribution < 1.29 is 13.2 Å². The van der Waals surface area contributed by atoms with Gasteiger partial charge in [-0.15, -0.1) is 0 Å². The van der Waals surface area contributed by atoms with Crippen LogP contribution in [0.4, 0.5) is 0 Å². The summed E-state index contributed by atoms with van der Waals surface area (Å²) in [4.78, 5) is 0. The number of sulfone groups is 1. The third-order valence-electron chi connectivity index (χ3n) is 3.11. The molecule has 1 aliphatic heterocycles. The van der Waals surface area contributed by atoms with Crippen LogP contribution in [0.5, 0.6) is 0 Å². The molecule has 1 fully saturated rings. The second-order valence-electron chi connectivity index (χ2n) is 4.71. The van der Waals surface area contributed by atoms with Crippen molar-refractivity contribution in [1.82, 2.24) is 0 Å². The maximum atomic E-state index is 12.0. The Bertz CT molecular complexity index is 475. The minimum Gasteiger partial charge on any atom is -0.377 e. The Balaban J connectivity index is 1.97. The highest BCUT2D eigenvalue weighted by Gasteiger charge is 2.23. The molecule has 4 nitrogen and oxygen atoms in total. The summed E-state index contributed by atoms with van der Waals surface area (Å²) in [6.07, 6.45) is 1.70. The van der Waals surface area contributed by atoms with Crippen LogP contribution in [-0.4, -0.2) is 26.9 Å². The molecule has 1 aromatic rings. The predicted molar refractivity (Wildman–Crippen MR) is 70.8 cm³/mol. The molecule has 5 heteroatoms. The highest BCUT2D eigenvalue weighted by molar-refractivity contribution is 7.90. The summed E-state index contributed by atoms with van der Waals surface area (Å²) < 4.78 is 29.4. The van der Waals surface area contributed by atoms with Crippen molar-refractivity contribution in [1.29, 1.82) is 0 Å². The Kier molecular flexibility index (Phi) is 4.37. The number of benzene rings is 1. The van der Waals surface area contributed by atoms with Gasteiger partial charge in [0, 0.05) is 13.2 Å². The van der Waals surface area contributed by atoms with E-state index in [1.807, 2.05) is 24.3 Å². The lowest BCUT2D eigenvalue weighted by Crippen LogP contribution is -2.21. The van der Waals surface area contributed by atoms with E-state index < -0.39 is 9.84 Å². The zero-order valence-corrected chi connectivity index (χ0v) is 11.2. The first-order chi connectivity index (χ1) is 8.59. The lowest BCUT2D eigenvalue weighted by Gasteiger charge is -2.10. The average Bonchev–Trinajstić information content (AvgIpc) is 2.81. The molecule has 1 heterocycles. The second kappa shape index (κ2) is 5.82. The van der Waals surface area contributed by atoms with Crippen molar-refractivity contribution in [3.8, 4) is 0 Å². The lowest BCUT2D eigenvalue weighted by molar-refractivity contribution is 0.127. The molecule has 18 heavy (non-hydrogen) atoms. The summed E-state index contributed by atoms with van der Waals surface area (Å²) in [6.45, 7) is 1.16. The molecule has 1 unspecified atom stereocenters. The van der Waals surface area contributed by atoms with E-state index in [0.717, 1.165) is 24.0 Å². The average molecular weight is 269 g/mol. The zero-order valence-electron chi connectivity index (χ0n) is 10.3. The Morgan fingerprint density at radius 3 is 2.44 bits per heavy atom. The SMILES string of the molecule is NCc1ccc(CS(=O)(=O)CC2CCCO2)cc1. The molecule has 100 valence electrons. The molecule has 1 aromatic carbocycles. The van der Waals surface area contributed by atoms with Gasteiger partial charge < -0.3 is 10.5 Å². The fraction of sp³-hybridized carbons (Fsp3) is 0.538. The number of ether oxygens (including phenoxy) is 1. The van der Waals surface area contributed by atoms with E-state index in [4.69, 9.17) is 10.5 Å². The first kappa shape index (κ1) is 13.5. The van der Waals surface area contributed by atoms with E-state index in [1.165, 1.54) is 0 Å². The predicted octanol–water partition coefficient (Wildman–Crippen LogP) is 1.24. The molecular weight excluding hydrogens is 250 g/mol. The Morgan fingerprint density at radius 1 is 1.22 bits per heavy atom.